The first-order valence-electron chi connectivity index (χ1n) is 4.93. The third-order valence-electron chi connectivity index (χ3n) is 2.88. The second-order valence-electron chi connectivity index (χ2n) is 3.95. The van der Waals surface area contributed by atoms with E-state index in [1.54, 1.807) is 0 Å². The van der Waals surface area contributed by atoms with Crippen molar-refractivity contribution in [1.82, 2.24) is 0 Å². The Balaban J connectivity index is 1.95. The van der Waals surface area contributed by atoms with Gasteiger partial charge in [0.15, 0.2) is 0 Å². The van der Waals surface area contributed by atoms with Gasteiger partial charge in [0.05, 0.1) is 11.6 Å². The average Bonchev–Trinajstić information content (AvgIpc) is 2.98. The van der Waals surface area contributed by atoms with Gasteiger partial charge in [0, 0.05) is 6.61 Å². The van der Waals surface area contributed by atoms with Crippen molar-refractivity contribution in [2.24, 2.45) is 11.8 Å². The molecule has 1 fully saturated rings. The van der Waals surface area contributed by atoms with Crippen molar-refractivity contribution in [1.29, 1.82) is 5.26 Å². The highest BCUT2D eigenvalue weighted by molar-refractivity contribution is 5.32. The molecule has 72 valence electrons. The van der Waals surface area contributed by atoms with Crippen LogP contribution in [0.3, 0.4) is 0 Å². The quantitative estimate of drug-likeness (QED) is 0.783. The lowest BCUT2D eigenvalue weighted by molar-refractivity contribution is 0.268. The molecule has 0 aliphatic heterocycles. The molecule has 0 bridgehead atoms. The van der Waals surface area contributed by atoms with E-state index in [0.29, 0.717) is 24.0 Å². The molecule has 0 unspecified atom stereocenters. The van der Waals surface area contributed by atoms with Crippen molar-refractivity contribution in [3.8, 4) is 6.07 Å². The predicted molar refractivity (Wildman–Crippen MR) is 53.5 cm³/mol. The number of nitrogens with zero attached hydrogens (tertiary/aromatic N) is 1. The van der Waals surface area contributed by atoms with Gasteiger partial charge in [-0.2, -0.15) is 5.26 Å². The van der Waals surface area contributed by atoms with E-state index in [0.717, 1.165) is 12.8 Å². The number of hydrogen-bond acceptors (Lipinski definition) is 2. The summed E-state index contributed by atoms with van der Waals surface area (Å²) in [4.78, 5) is 0. The molecule has 0 amide bonds. The molecule has 1 aromatic carbocycles. The fourth-order valence-electron chi connectivity index (χ4n) is 1.80. The molecule has 2 rings (SSSR count). The first-order valence-corrected chi connectivity index (χ1v) is 4.93. The fraction of sp³-hybridized carbons (Fsp3) is 0.417. The third kappa shape index (κ3) is 1.94. The van der Waals surface area contributed by atoms with E-state index in [1.807, 2.05) is 24.3 Å². The van der Waals surface area contributed by atoms with Gasteiger partial charge in [0.2, 0.25) is 0 Å². The van der Waals surface area contributed by atoms with Crippen LogP contribution >= 0.6 is 0 Å². The van der Waals surface area contributed by atoms with Gasteiger partial charge in [0.1, 0.15) is 0 Å². The lowest BCUT2D eigenvalue weighted by Gasteiger charge is -1.99. The zero-order valence-electron chi connectivity index (χ0n) is 7.98. The largest absolute Gasteiger partial charge is 0.396 e. The lowest BCUT2D eigenvalue weighted by Crippen LogP contribution is -1.93. The summed E-state index contributed by atoms with van der Waals surface area (Å²) < 4.78 is 0. The minimum Gasteiger partial charge on any atom is -0.396 e. The Bertz CT molecular complexity index is 350. The summed E-state index contributed by atoms with van der Waals surface area (Å²) >= 11 is 0. The van der Waals surface area contributed by atoms with E-state index in [-0.39, 0.29) is 0 Å². The second-order valence-corrected chi connectivity index (χ2v) is 3.95. The molecule has 0 heterocycles. The highest BCUT2D eigenvalue weighted by Crippen LogP contribution is 2.40. The molecule has 0 aromatic heterocycles. The zero-order chi connectivity index (χ0) is 9.97. The van der Waals surface area contributed by atoms with Gasteiger partial charge in [-0.05, 0) is 42.4 Å². The molecule has 1 saturated carbocycles. The highest BCUT2D eigenvalue weighted by atomic mass is 16.3. The number of aliphatic hydroxyl groups is 1. The van der Waals surface area contributed by atoms with Crippen LogP contribution in [0.1, 0.15) is 17.5 Å². The smallest absolute Gasteiger partial charge is 0.0991 e. The number of aliphatic hydroxyl groups excluding tert-OH is 1. The van der Waals surface area contributed by atoms with E-state index in [4.69, 9.17) is 10.4 Å². The summed E-state index contributed by atoms with van der Waals surface area (Å²) in [6.07, 6.45) is 2.19. The Morgan fingerprint density at radius 3 is 2.50 bits per heavy atom. The van der Waals surface area contributed by atoms with Crippen molar-refractivity contribution < 1.29 is 5.11 Å². The molecular formula is C12H13NO. The molecule has 1 aromatic rings. The molecule has 2 atom stereocenters. The molecule has 2 heteroatoms. The van der Waals surface area contributed by atoms with Crippen molar-refractivity contribution >= 4 is 0 Å². The number of rotatable bonds is 3. The maximum Gasteiger partial charge on any atom is 0.0991 e. The first-order chi connectivity index (χ1) is 6.83. The molecule has 2 nitrogen and oxygen atoms in total. The number of hydrogen-bond donors (Lipinski definition) is 1. The molecule has 0 saturated heterocycles. The van der Waals surface area contributed by atoms with E-state index in [1.165, 1.54) is 5.56 Å². The summed E-state index contributed by atoms with van der Waals surface area (Å²) in [6, 6.07) is 9.82. The molecule has 1 N–H and O–H groups in total. The van der Waals surface area contributed by atoms with Gasteiger partial charge in [-0.15, -0.1) is 0 Å². The van der Waals surface area contributed by atoms with Crippen molar-refractivity contribution in [2.45, 2.75) is 12.8 Å². The number of benzene rings is 1. The normalized spacial score (nSPS) is 24.3. The minimum atomic E-state index is 0.320. The Labute approximate surface area is 83.8 Å². The van der Waals surface area contributed by atoms with E-state index in [9.17, 15) is 0 Å². The Kier molecular flexibility index (Phi) is 2.51. The van der Waals surface area contributed by atoms with E-state index >= 15 is 0 Å². The SMILES string of the molecule is N#Cc1ccc(C[C@H]2C[C@H]2CO)cc1. The summed E-state index contributed by atoms with van der Waals surface area (Å²) in [6.45, 7) is 0.320. The summed E-state index contributed by atoms with van der Waals surface area (Å²) in [5.74, 6) is 1.18. The van der Waals surface area contributed by atoms with Gasteiger partial charge < -0.3 is 5.11 Å². The van der Waals surface area contributed by atoms with Crippen molar-refractivity contribution in [2.75, 3.05) is 6.61 Å². The maximum absolute atomic E-state index is 8.89. The fourth-order valence-corrected chi connectivity index (χ4v) is 1.80. The molecule has 0 radical (unpaired) electrons. The van der Waals surface area contributed by atoms with Gasteiger partial charge in [-0.3, -0.25) is 0 Å². The highest BCUT2D eigenvalue weighted by Gasteiger charge is 2.35. The molecular weight excluding hydrogens is 174 g/mol. The van der Waals surface area contributed by atoms with Crippen molar-refractivity contribution in [3.05, 3.63) is 35.4 Å². The summed E-state index contributed by atoms with van der Waals surface area (Å²) in [5, 5.41) is 17.5. The van der Waals surface area contributed by atoms with Crippen LogP contribution in [0.15, 0.2) is 24.3 Å². The Hall–Kier alpha value is -1.33. The predicted octanol–water partition coefficient (Wildman–Crippen LogP) is 1.73. The standard InChI is InChI=1S/C12H13NO/c13-7-10-3-1-9(2-4-10)5-11-6-12(11)8-14/h1-4,11-12,14H,5-6,8H2/t11-,12-/m0/s1. The molecule has 1 aliphatic carbocycles. The second kappa shape index (κ2) is 3.81. The average molecular weight is 187 g/mol. The topological polar surface area (TPSA) is 44.0 Å². The van der Waals surface area contributed by atoms with Crippen LogP contribution in [0.25, 0.3) is 0 Å². The zero-order valence-corrected chi connectivity index (χ0v) is 7.98. The number of nitriles is 1. The van der Waals surface area contributed by atoms with Crippen LogP contribution in [-0.2, 0) is 6.42 Å². The molecule has 1 aliphatic rings. The maximum atomic E-state index is 8.89. The van der Waals surface area contributed by atoms with E-state index < -0.39 is 0 Å². The Morgan fingerprint density at radius 2 is 2.00 bits per heavy atom. The monoisotopic (exact) mass is 187 g/mol. The van der Waals surface area contributed by atoms with Gasteiger partial charge in [0.25, 0.3) is 0 Å². The third-order valence-corrected chi connectivity index (χ3v) is 2.88. The van der Waals surface area contributed by atoms with Crippen LogP contribution in [-0.4, -0.2) is 11.7 Å². The van der Waals surface area contributed by atoms with Crippen LogP contribution in [0.5, 0.6) is 0 Å². The summed E-state index contributed by atoms with van der Waals surface area (Å²) in [5.41, 5.74) is 1.98. The summed E-state index contributed by atoms with van der Waals surface area (Å²) in [7, 11) is 0. The Morgan fingerprint density at radius 1 is 1.29 bits per heavy atom. The minimum absolute atomic E-state index is 0.320. The lowest BCUT2D eigenvalue weighted by atomic mass is 10.1. The van der Waals surface area contributed by atoms with Gasteiger partial charge in [-0.25, -0.2) is 0 Å². The first kappa shape index (κ1) is 9.23. The van der Waals surface area contributed by atoms with Crippen LogP contribution in [0.4, 0.5) is 0 Å². The van der Waals surface area contributed by atoms with Crippen LogP contribution < -0.4 is 0 Å². The van der Waals surface area contributed by atoms with E-state index in [2.05, 4.69) is 6.07 Å². The van der Waals surface area contributed by atoms with Crippen LogP contribution in [0.2, 0.25) is 0 Å². The molecule has 0 spiro atoms. The van der Waals surface area contributed by atoms with Gasteiger partial charge >= 0.3 is 0 Å². The van der Waals surface area contributed by atoms with Gasteiger partial charge in [-0.1, -0.05) is 12.1 Å². The molecule has 14 heavy (non-hydrogen) atoms. The van der Waals surface area contributed by atoms with Crippen LogP contribution in [0, 0.1) is 23.2 Å². The van der Waals surface area contributed by atoms with Crippen molar-refractivity contribution in [3.63, 3.8) is 0 Å².